The molecule has 1 N–H and O–H groups in total. The lowest BCUT2D eigenvalue weighted by molar-refractivity contribution is 0.165. The molecule has 1 saturated heterocycles. The molecule has 4 heteroatoms. The van der Waals surface area contributed by atoms with Gasteiger partial charge in [-0.05, 0) is 51.0 Å². The number of rotatable bonds is 5. The fraction of sp³-hybridized carbons (Fsp3) is 0.471. The van der Waals surface area contributed by atoms with Gasteiger partial charge in [0.1, 0.15) is 6.26 Å². The zero-order valence-corrected chi connectivity index (χ0v) is 12.6. The van der Waals surface area contributed by atoms with E-state index in [0.29, 0.717) is 0 Å². The number of piperidine rings is 1. The summed E-state index contributed by atoms with van der Waals surface area (Å²) in [7, 11) is 2.03. The van der Waals surface area contributed by atoms with Crippen molar-refractivity contribution >= 4 is 0 Å². The van der Waals surface area contributed by atoms with E-state index >= 15 is 0 Å². The van der Waals surface area contributed by atoms with Crippen LogP contribution in [-0.2, 0) is 6.54 Å². The molecule has 0 aliphatic carbocycles. The van der Waals surface area contributed by atoms with Crippen LogP contribution >= 0.6 is 0 Å². The summed E-state index contributed by atoms with van der Waals surface area (Å²) in [4.78, 5) is 7.11. The second kappa shape index (κ2) is 6.87. The van der Waals surface area contributed by atoms with Crippen molar-refractivity contribution < 1.29 is 4.42 Å². The average molecular weight is 285 g/mol. The largest absolute Gasteiger partial charge is 0.444 e. The Kier molecular flexibility index (Phi) is 4.68. The Balaban J connectivity index is 1.62. The Morgan fingerprint density at radius 1 is 1.33 bits per heavy atom. The van der Waals surface area contributed by atoms with Crippen LogP contribution in [-0.4, -0.2) is 36.6 Å². The molecule has 2 heterocycles. The zero-order valence-electron chi connectivity index (χ0n) is 12.6. The van der Waals surface area contributed by atoms with Crippen LogP contribution in [0.25, 0.3) is 11.5 Å². The molecule has 1 fully saturated rings. The minimum Gasteiger partial charge on any atom is -0.444 e. The number of hydrogen-bond donors (Lipinski definition) is 1. The molecule has 1 aliphatic heterocycles. The van der Waals surface area contributed by atoms with E-state index < -0.39 is 0 Å². The highest BCUT2D eigenvalue weighted by Gasteiger charge is 2.20. The van der Waals surface area contributed by atoms with Crippen molar-refractivity contribution in [3.63, 3.8) is 0 Å². The van der Waals surface area contributed by atoms with Crippen molar-refractivity contribution in [1.82, 2.24) is 15.2 Å². The van der Waals surface area contributed by atoms with Gasteiger partial charge in [-0.3, -0.25) is 4.90 Å². The fourth-order valence-electron chi connectivity index (χ4n) is 3.07. The maximum absolute atomic E-state index is 5.62. The Morgan fingerprint density at radius 3 is 3.00 bits per heavy atom. The summed E-state index contributed by atoms with van der Waals surface area (Å²) in [6.45, 7) is 4.29. The molecule has 0 saturated carbocycles. The summed E-state index contributed by atoms with van der Waals surface area (Å²) in [6.07, 6.45) is 4.39. The molecule has 0 spiro atoms. The van der Waals surface area contributed by atoms with E-state index in [-0.39, 0.29) is 0 Å². The van der Waals surface area contributed by atoms with Gasteiger partial charge < -0.3 is 9.73 Å². The first kappa shape index (κ1) is 14.3. The lowest BCUT2D eigenvalue weighted by Crippen LogP contribution is -2.38. The molecule has 21 heavy (non-hydrogen) atoms. The molecular weight excluding hydrogens is 262 g/mol. The lowest BCUT2D eigenvalue weighted by Gasteiger charge is -2.32. The Morgan fingerprint density at radius 2 is 2.19 bits per heavy atom. The van der Waals surface area contributed by atoms with E-state index in [9.17, 15) is 0 Å². The fourth-order valence-corrected chi connectivity index (χ4v) is 3.07. The first-order valence-electron chi connectivity index (χ1n) is 7.72. The van der Waals surface area contributed by atoms with E-state index in [4.69, 9.17) is 4.42 Å². The standard InChI is InChI=1S/C17H23N3O/c1-18-10-14-6-5-9-20(11-14)12-16-13-21-17(19-16)15-7-3-2-4-8-15/h2-4,7-8,13-14,18H,5-6,9-12H2,1H3. The van der Waals surface area contributed by atoms with Gasteiger partial charge in [0, 0.05) is 18.7 Å². The second-order valence-electron chi connectivity index (χ2n) is 5.81. The first-order valence-corrected chi connectivity index (χ1v) is 7.72. The van der Waals surface area contributed by atoms with Gasteiger partial charge in [-0.25, -0.2) is 4.98 Å². The highest BCUT2D eigenvalue weighted by atomic mass is 16.3. The third-order valence-corrected chi connectivity index (χ3v) is 4.05. The van der Waals surface area contributed by atoms with Crippen molar-refractivity contribution in [1.29, 1.82) is 0 Å². The molecule has 112 valence electrons. The topological polar surface area (TPSA) is 41.3 Å². The van der Waals surface area contributed by atoms with Crippen LogP contribution in [0.3, 0.4) is 0 Å². The number of benzene rings is 1. The van der Waals surface area contributed by atoms with Crippen molar-refractivity contribution in [2.24, 2.45) is 5.92 Å². The third-order valence-electron chi connectivity index (χ3n) is 4.05. The highest BCUT2D eigenvalue weighted by molar-refractivity contribution is 5.52. The molecule has 2 aromatic rings. The van der Waals surface area contributed by atoms with E-state index in [1.807, 2.05) is 37.4 Å². The summed E-state index contributed by atoms with van der Waals surface area (Å²) in [5, 5.41) is 3.29. The van der Waals surface area contributed by atoms with Crippen LogP contribution in [0.5, 0.6) is 0 Å². The molecule has 1 atom stereocenters. The minimum absolute atomic E-state index is 0.717. The number of oxazole rings is 1. The van der Waals surface area contributed by atoms with Crippen LogP contribution in [0, 0.1) is 5.92 Å². The summed E-state index contributed by atoms with van der Waals surface area (Å²) < 4.78 is 5.62. The van der Waals surface area contributed by atoms with Gasteiger partial charge in [-0.2, -0.15) is 0 Å². The van der Waals surface area contributed by atoms with E-state index in [1.54, 1.807) is 6.26 Å². The van der Waals surface area contributed by atoms with E-state index in [2.05, 4.69) is 15.2 Å². The van der Waals surface area contributed by atoms with Gasteiger partial charge in [0.25, 0.3) is 0 Å². The van der Waals surface area contributed by atoms with Gasteiger partial charge in [-0.15, -0.1) is 0 Å². The quantitative estimate of drug-likeness (QED) is 0.917. The van der Waals surface area contributed by atoms with Gasteiger partial charge >= 0.3 is 0 Å². The van der Waals surface area contributed by atoms with Crippen molar-refractivity contribution in [2.75, 3.05) is 26.7 Å². The number of likely N-dealkylation sites (tertiary alicyclic amines) is 1. The second-order valence-corrected chi connectivity index (χ2v) is 5.81. The summed E-state index contributed by atoms with van der Waals surface area (Å²) in [5.74, 6) is 1.47. The van der Waals surface area contributed by atoms with Gasteiger partial charge in [-0.1, -0.05) is 18.2 Å². The molecule has 1 aliphatic rings. The SMILES string of the molecule is CNCC1CCCN(Cc2coc(-c3ccccc3)n2)C1. The Hall–Kier alpha value is -1.65. The van der Waals surface area contributed by atoms with Crippen molar-refractivity contribution in [3.8, 4) is 11.5 Å². The van der Waals surface area contributed by atoms with Crippen LogP contribution < -0.4 is 5.32 Å². The predicted molar refractivity (Wildman–Crippen MR) is 83.9 cm³/mol. The number of hydrogen-bond acceptors (Lipinski definition) is 4. The molecule has 1 aromatic carbocycles. The average Bonchev–Trinajstić information content (AvgIpc) is 2.97. The van der Waals surface area contributed by atoms with Crippen LogP contribution in [0.2, 0.25) is 0 Å². The maximum atomic E-state index is 5.62. The summed E-state index contributed by atoms with van der Waals surface area (Å²) >= 11 is 0. The number of nitrogens with one attached hydrogen (secondary N) is 1. The van der Waals surface area contributed by atoms with Gasteiger partial charge in [0.15, 0.2) is 0 Å². The Bertz CT molecular complexity index is 550. The molecule has 1 unspecified atom stereocenters. The zero-order chi connectivity index (χ0) is 14.5. The maximum Gasteiger partial charge on any atom is 0.226 e. The van der Waals surface area contributed by atoms with Crippen molar-refractivity contribution in [3.05, 3.63) is 42.3 Å². The molecular formula is C17H23N3O. The molecule has 0 radical (unpaired) electrons. The number of nitrogens with zero attached hydrogens (tertiary/aromatic N) is 2. The first-order chi connectivity index (χ1) is 10.3. The molecule has 0 bridgehead atoms. The van der Waals surface area contributed by atoms with Gasteiger partial charge in [0.2, 0.25) is 5.89 Å². The lowest BCUT2D eigenvalue weighted by atomic mass is 9.98. The van der Waals surface area contributed by atoms with Crippen LogP contribution in [0.15, 0.2) is 41.0 Å². The summed E-state index contributed by atoms with van der Waals surface area (Å²) in [6, 6.07) is 10.1. The van der Waals surface area contributed by atoms with Crippen molar-refractivity contribution in [2.45, 2.75) is 19.4 Å². The van der Waals surface area contributed by atoms with E-state index in [0.717, 1.165) is 49.2 Å². The monoisotopic (exact) mass is 285 g/mol. The highest BCUT2D eigenvalue weighted by Crippen LogP contribution is 2.21. The Labute approximate surface area is 126 Å². The van der Waals surface area contributed by atoms with Gasteiger partial charge in [0.05, 0.1) is 5.69 Å². The smallest absolute Gasteiger partial charge is 0.226 e. The molecule has 3 rings (SSSR count). The molecule has 4 nitrogen and oxygen atoms in total. The third kappa shape index (κ3) is 3.71. The molecule has 1 aromatic heterocycles. The van der Waals surface area contributed by atoms with Crippen LogP contribution in [0.4, 0.5) is 0 Å². The summed E-state index contributed by atoms with van der Waals surface area (Å²) in [5.41, 5.74) is 2.06. The predicted octanol–water partition coefficient (Wildman–Crippen LogP) is 2.77. The minimum atomic E-state index is 0.717. The normalized spacial score (nSPS) is 19.8. The van der Waals surface area contributed by atoms with E-state index in [1.165, 1.54) is 12.8 Å². The van der Waals surface area contributed by atoms with Crippen LogP contribution in [0.1, 0.15) is 18.5 Å². The number of aromatic nitrogens is 1. The molecule has 0 amide bonds.